The van der Waals surface area contributed by atoms with Crippen LogP contribution >= 0.6 is 15.9 Å². The molecule has 1 aromatic rings. The summed E-state index contributed by atoms with van der Waals surface area (Å²) in [6.07, 6.45) is 2.56. The predicted octanol–water partition coefficient (Wildman–Crippen LogP) is 0.352. The van der Waals surface area contributed by atoms with Crippen molar-refractivity contribution in [1.82, 2.24) is 9.78 Å². The Morgan fingerprint density at radius 3 is 2.90 bits per heavy atom. The maximum Gasteiger partial charge on any atom is 0.327 e. The first-order valence-corrected chi connectivity index (χ1v) is 7.54. The zero-order valence-electron chi connectivity index (χ0n) is 12.1. The number of esters is 1. The number of ether oxygens (including phenoxy) is 1. The molecule has 1 aromatic heterocycles. The molecular formula is C13H19BrN4O3. The van der Waals surface area contributed by atoms with E-state index in [9.17, 15) is 9.59 Å². The molecule has 0 bridgehead atoms. The zero-order valence-corrected chi connectivity index (χ0v) is 13.7. The molecule has 1 aliphatic heterocycles. The van der Waals surface area contributed by atoms with Crippen LogP contribution in [0.25, 0.3) is 0 Å². The van der Waals surface area contributed by atoms with Crippen molar-refractivity contribution in [3.63, 3.8) is 0 Å². The highest BCUT2D eigenvalue weighted by molar-refractivity contribution is 9.10. The summed E-state index contributed by atoms with van der Waals surface area (Å²) in [6, 6.07) is 0.0816. The Morgan fingerprint density at radius 2 is 2.29 bits per heavy atom. The summed E-state index contributed by atoms with van der Waals surface area (Å²) < 4.78 is 6.01. The van der Waals surface area contributed by atoms with Gasteiger partial charge in [-0.15, -0.1) is 0 Å². The molecule has 8 heteroatoms. The molecule has 0 spiro atoms. The van der Waals surface area contributed by atoms with Crippen molar-refractivity contribution in [3.05, 3.63) is 21.0 Å². The van der Waals surface area contributed by atoms with Crippen LogP contribution in [0.15, 0.2) is 15.5 Å². The molecule has 2 atom stereocenters. The van der Waals surface area contributed by atoms with Crippen LogP contribution in [-0.2, 0) is 16.1 Å². The van der Waals surface area contributed by atoms with Gasteiger partial charge in [-0.05, 0) is 28.3 Å². The molecule has 116 valence electrons. The van der Waals surface area contributed by atoms with E-state index in [-0.39, 0.29) is 18.1 Å². The van der Waals surface area contributed by atoms with Crippen LogP contribution in [-0.4, -0.2) is 42.0 Å². The number of anilines is 1. The van der Waals surface area contributed by atoms with Crippen molar-refractivity contribution < 1.29 is 9.53 Å². The van der Waals surface area contributed by atoms with Crippen LogP contribution < -0.4 is 16.2 Å². The van der Waals surface area contributed by atoms with E-state index in [4.69, 9.17) is 5.73 Å². The van der Waals surface area contributed by atoms with Gasteiger partial charge >= 0.3 is 5.97 Å². The van der Waals surface area contributed by atoms with E-state index in [0.717, 1.165) is 17.6 Å². The minimum absolute atomic E-state index is 0.0816. The topological polar surface area (TPSA) is 90.5 Å². The SMILES string of the molecule is COC(=O)Cn1ncc(N2CC(C)CC(N)C2)c(Br)c1=O. The second-order valence-corrected chi connectivity index (χ2v) is 6.18. The molecule has 7 nitrogen and oxygen atoms in total. The molecule has 0 saturated carbocycles. The highest BCUT2D eigenvalue weighted by Gasteiger charge is 2.25. The third-order valence-electron chi connectivity index (χ3n) is 3.51. The number of aromatic nitrogens is 2. The van der Waals surface area contributed by atoms with Crippen LogP contribution in [0.5, 0.6) is 0 Å². The largest absolute Gasteiger partial charge is 0.468 e. The zero-order chi connectivity index (χ0) is 15.6. The third-order valence-corrected chi connectivity index (χ3v) is 4.25. The van der Waals surface area contributed by atoms with Gasteiger partial charge in [0.05, 0.1) is 19.0 Å². The molecule has 1 fully saturated rings. The maximum absolute atomic E-state index is 12.2. The first-order chi connectivity index (χ1) is 9.92. The number of hydrogen-bond acceptors (Lipinski definition) is 6. The van der Waals surface area contributed by atoms with E-state index in [0.29, 0.717) is 22.6 Å². The Hall–Kier alpha value is -1.41. The average Bonchev–Trinajstić information content (AvgIpc) is 2.42. The van der Waals surface area contributed by atoms with Gasteiger partial charge in [0, 0.05) is 19.1 Å². The highest BCUT2D eigenvalue weighted by atomic mass is 79.9. The van der Waals surface area contributed by atoms with Gasteiger partial charge in [0.15, 0.2) is 0 Å². The van der Waals surface area contributed by atoms with Crippen molar-refractivity contribution in [2.45, 2.75) is 25.9 Å². The molecule has 0 aromatic carbocycles. The lowest BCUT2D eigenvalue weighted by molar-refractivity contribution is -0.141. The molecule has 2 heterocycles. The van der Waals surface area contributed by atoms with Gasteiger partial charge in [-0.25, -0.2) is 4.68 Å². The van der Waals surface area contributed by atoms with Gasteiger partial charge in [0.25, 0.3) is 5.56 Å². The summed E-state index contributed by atoms with van der Waals surface area (Å²) in [7, 11) is 1.27. The number of carbonyl (C=O) groups excluding carboxylic acids is 1. The fourth-order valence-corrected chi connectivity index (χ4v) is 3.13. The average molecular weight is 359 g/mol. The van der Waals surface area contributed by atoms with E-state index in [1.807, 2.05) is 0 Å². The monoisotopic (exact) mass is 358 g/mol. The van der Waals surface area contributed by atoms with E-state index in [2.05, 4.69) is 37.6 Å². The summed E-state index contributed by atoms with van der Waals surface area (Å²) >= 11 is 3.31. The Bertz CT molecular complexity index is 579. The summed E-state index contributed by atoms with van der Waals surface area (Å²) in [5.74, 6) is -0.0592. The molecule has 0 radical (unpaired) electrons. The molecule has 1 saturated heterocycles. The second kappa shape index (κ2) is 6.57. The number of piperidine rings is 1. The molecule has 1 aliphatic rings. The molecular weight excluding hydrogens is 340 g/mol. The van der Waals surface area contributed by atoms with E-state index in [1.165, 1.54) is 7.11 Å². The summed E-state index contributed by atoms with van der Waals surface area (Å²) in [5.41, 5.74) is 6.39. The first kappa shape index (κ1) is 16.0. The van der Waals surface area contributed by atoms with E-state index < -0.39 is 5.97 Å². The molecule has 2 N–H and O–H groups in total. The van der Waals surface area contributed by atoms with Gasteiger partial charge in [0.1, 0.15) is 11.0 Å². The normalized spacial score (nSPS) is 22.2. The lowest BCUT2D eigenvalue weighted by Crippen LogP contribution is -2.47. The van der Waals surface area contributed by atoms with E-state index >= 15 is 0 Å². The smallest absolute Gasteiger partial charge is 0.327 e. The number of nitrogens with zero attached hydrogens (tertiary/aromatic N) is 3. The van der Waals surface area contributed by atoms with Crippen LogP contribution in [0.1, 0.15) is 13.3 Å². The first-order valence-electron chi connectivity index (χ1n) is 6.75. The Balaban J connectivity index is 2.28. The Labute approximate surface area is 131 Å². The highest BCUT2D eigenvalue weighted by Crippen LogP contribution is 2.26. The van der Waals surface area contributed by atoms with Crippen molar-refractivity contribution in [2.75, 3.05) is 25.1 Å². The van der Waals surface area contributed by atoms with Crippen LogP contribution in [0, 0.1) is 5.92 Å². The molecule has 2 unspecified atom stereocenters. The quantitative estimate of drug-likeness (QED) is 0.784. The van der Waals surface area contributed by atoms with Gasteiger partial charge in [-0.3, -0.25) is 9.59 Å². The number of rotatable bonds is 3. The van der Waals surface area contributed by atoms with Crippen LogP contribution in [0.4, 0.5) is 5.69 Å². The van der Waals surface area contributed by atoms with Crippen molar-refractivity contribution in [1.29, 1.82) is 0 Å². The minimum atomic E-state index is -0.516. The summed E-state index contributed by atoms with van der Waals surface area (Å²) in [4.78, 5) is 25.5. The van der Waals surface area contributed by atoms with Gasteiger partial charge in [-0.1, -0.05) is 6.92 Å². The van der Waals surface area contributed by atoms with Crippen LogP contribution in [0.3, 0.4) is 0 Å². The lowest BCUT2D eigenvalue weighted by Gasteiger charge is -2.36. The fourth-order valence-electron chi connectivity index (χ4n) is 2.57. The minimum Gasteiger partial charge on any atom is -0.468 e. The van der Waals surface area contributed by atoms with Crippen molar-refractivity contribution in [2.24, 2.45) is 11.7 Å². The Kier molecular flexibility index (Phi) is 5.00. The van der Waals surface area contributed by atoms with Gasteiger partial charge in [-0.2, -0.15) is 5.10 Å². The summed E-state index contributed by atoms with van der Waals surface area (Å²) in [5, 5.41) is 4.04. The molecule has 0 aliphatic carbocycles. The second-order valence-electron chi connectivity index (χ2n) is 5.39. The maximum atomic E-state index is 12.2. The number of carbonyl (C=O) groups is 1. The fraction of sp³-hybridized carbons (Fsp3) is 0.615. The summed E-state index contributed by atoms with van der Waals surface area (Å²) in [6.45, 7) is 3.44. The van der Waals surface area contributed by atoms with Crippen LogP contribution in [0.2, 0.25) is 0 Å². The van der Waals surface area contributed by atoms with Crippen molar-refractivity contribution >= 4 is 27.6 Å². The Morgan fingerprint density at radius 1 is 1.57 bits per heavy atom. The molecule has 0 amide bonds. The molecule has 21 heavy (non-hydrogen) atoms. The number of methoxy groups -OCH3 is 1. The van der Waals surface area contributed by atoms with Gasteiger partial charge < -0.3 is 15.4 Å². The predicted molar refractivity (Wildman–Crippen MR) is 82.2 cm³/mol. The number of halogens is 1. The third kappa shape index (κ3) is 3.62. The van der Waals surface area contributed by atoms with Crippen molar-refractivity contribution in [3.8, 4) is 0 Å². The standard InChI is InChI=1S/C13H19BrN4O3/c1-8-3-9(15)6-17(5-8)10-4-16-18(7-11(19)21-2)13(20)12(10)14/h4,8-9H,3,5-7,15H2,1-2H3. The van der Waals surface area contributed by atoms with Gasteiger partial charge in [0.2, 0.25) is 0 Å². The lowest BCUT2D eigenvalue weighted by atomic mass is 9.96. The number of nitrogens with two attached hydrogens (primary N) is 1. The number of hydrogen-bond donors (Lipinski definition) is 1. The molecule has 2 rings (SSSR count). The van der Waals surface area contributed by atoms with E-state index in [1.54, 1.807) is 6.20 Å².